The highest BCUT2D eigenvalue weighted by molar-refractivity contribution is 7.93. The third kappa shape index (κ3) is 3.53. The van der Waals surface area contributed by atoms with Crippen molar-refractivity contribution in [2.45, 2.75) is 36.3 Å². The summed E-state index contributed by atoms with van der Waals surface area (Å²) in [5.74, 6) is 3.78. The number of sulfone groups is 1. The van der Waals surface area contributed by atoms with E-state index >= 15 is 0 Å². The zero-order valence-electron chi connectivity index (χ0n) is 14.7. The van der Waals surface area contributed by atoms with Crippen molar-refractivity contribution >= 4 is 21.7 Å². The Morgan fingerprint density at radius 2 is 1.88 bits per heavy atom. The first-order valence-electron chi connectivity index (χ1n) is 8.11. The maximum Gasteiger partial charge on any atom is 0.325 e. The molecular formula is C18H21NO6S. The fourth-order valence-corrected chi connectivity index (χ4v) is 4.99. The van der Waals surface area contributed by atoms with Crippen LogP contribution >= 0.6 is 0 Å². The van der Waals surface area contributed by atoms with Crippen molar-refractivity contribution in [2.24, 2.45) is 0 Å². The van der Waals surface area contributed by atoms with E-state index in [1.54, 1.807) is 13.0 Å². The predicted molar refractivity (Wildman–Crippen MR) is 94.4 cm³/mol. The lowest BCUT2D eigenvalue weighted by molar-refractivity contribution is -0.143. The van der Waals surface area contributed by atoms with E-state index in [1.807, 2.05) is 0 Å². The number of aliphatic carboxylic acids is 1. The number of carboxylic acid groups (broad SMARTS) is 1. The van der Waals surface area contributed by atoms with Gasteiger partial charge in [-0.3, -0.25) is 9.59 Å². The number of benzene rings is 1. The number of hydrogen-bond acceptors (Lipinski definition) is 5. The third-order valence-electron chi connectivity index (χ3n) is 4.54. The number of nitrogens with zero attached hydrogens (tertiary/aromatic N) is 1. The lowest BCUT2D eigenvalue weighted by Crippen LogP contribution is -2.55. The minimum Gasteiger partial charge on any atom is -0.480 e. The van der Waals surface area contributed by atoms with Crippen molar-refractivity contribution in [1.82, 2.24) is 4.90 Å². The second-order valence-electron chi connectivity index (χ2n) is 5.97. The molecule has 1 amide bonds. The Labute approximate surface area is 152 Å². The van der Waals surface area contributed by atoms with Crippen LogP contribution in [0.15, 0.2) is 29.2 Å². The Kier molecular flexibility index (Phi) is 5.93. The summed E-state index contributed by atoms with van der Waals surface area (Å²) in [4.78, 5) is 24.8. The maximum atomic E-state index is 13.3. The largest absolute Gasteiger partial charge is 0.480 e. The molecule has 0 saturated carbocycles. The monoisotopic (exact) mass is 379 g/mol. The van der Waals surface area contributed by atoms with E-state index in [9.17, 15) is 23.1 Å². The SMILES string of the molecule is CC#CCOc1ccccc1S(=O)(=O)C1(C(=O)O)CCN(C(C)=O)CC1. The molecule has 1 saturated heterocycles. The Morgan fingerprint density at radius 1 is 1.27 bits per heavy atom. The van der Waals surface area contributed by atoms with Crippen LogP contribution in [0.2, 0.25) is 0 Å². The summed E-state index contributed by atoms with van der Waals surface area (Å²) in [5.41, 5.74) is 0. The number of carboxylic acids is 1. The maximum absolute atomic E-state index is 13.3. The molecule has 1 N–H and O–H groups in total. The van der Waals surface area contributed by atoms with Gasteiger partial charge >= 0.3 is 5.97 Å². The van der Waals surface area contributed by atoms with Crippen LogP contribution in [-0.4, -0.2) is 54.7 Å². The van der Waals surface area contributed by atoms with E-state index in [2.05, 4.69) is 11.8 Å². The van der Waals surface area contributed by atoms with Crippen LogP contribution in [0, 0.1) is 11.8 Å². The highest BCUT2D eigenvalue weighted by Gasteiger charge is 2.54. The Balaban J connectivity index is 2.45. The second-order valence-corrected chi connectivity index (χ2v) is 8.20. The predicted octanol–water partition coefficient (Wildman–Crippen LogP) is 1.33. The number of amides is 1. The number of likely N-dealkylation sites (tertiary alicyclic amines) is 1. The molecular weight excluding hydrogens is 358 g/mol. The van der Waals surface area contributed by atoms with E-state index in [1.165, 1.54) is 30.0 Å². The smallest absolute Gasteiger partial charge is 0.325 e. The molecule has 1 aromatic rings. The number of carbonyl (C=O) groups is 2. The summed E-state index contributed by atoms with van der Waals surface area (Å²) < 4.78 is 30.0. The van der Waals surface area contributed by atoms with Gasteiger partial charge in [-0.1, -0.05) is 18.1 Å². The van der Waals surface area contributed by atoms with E-state index in [0.29, 0.717) is 0 Å². The van der Waals surface area contributed by atoms with E-state index in [0.717, 1.165) is 0 Å². The van der Waals surface area contributed by atoms with Crippen molar-refractivity contribution in [3.63, 3.8) is 0 Å². The highest BCUT2D eigenvalue weighted by Crippen LogP contribution is 2.39. The van der Waals surface area contributed by atoms with Crippen molar-refractivity contribution in [1.29, 1.82) is 0 Å². The molecule has 140 valence electrons. The molecule has 1 heterocycles. The second kappa shape index (κ2) is 7.79. The van der Waals surface area contributed by atoms with Crippen molar-refractivity contribution < 1.29 is 27.9 Å². The van der Waals surface area contributed by atoms with Crippen molar-refractivity contribution in [2.75, 3.05) is 19.7 Å². The molecule has 0 bridgehead atoms. The van der Waals surface area contributed by atoms with Gasteiger partial charge in [0.05, 0.1) is 0 Å². The summed E-state index contributed by atoms with van der Waals surface area (Å²) in [7, 11) is -4.25. The summed E-state index contributed by atoms with van der Waals surface area (Å²) in [5, 5.41) is 9.77. The van der Waals surface area contributed by atoms with Gasteiger partial charge in [-0.05, 0) is 31.9 Å². The number of piperidine rings is 1. The molecule has 2 rings (SSSR count). The first kappa shape index (κ1) is 19.8. The van der Waals surface area contributed by atoms with Crippen LogP contribution in [0.5, 0.6) is 5.75 Å². The first-order valence-corrected chi connectivity index (χ1v) is 9.59. The van der Waals surface area contributed by atoms with E-state index in [-0.39, 0.29) is 49.1 Å². The molecule has 26 heavy (non-hydrogen) atoms. The topological polar surface area (TPSA) is 101 Å². The minimum absolute atomic E-state index is 0.00121. The summed E-state index contributed by atoms with van der Waals surface area (Å²) in [6, 6.07) is 5.95. The molecule has 0 spiro atoms. The number of hydrogen-bond donors (Lipinski definition) is 1. The first-order chi connectivity index (χ1) is 12.3. The highest BCUT2D eigenvalue weighted by atomic mass is 32.2. The van der Waals surface area contributed by atoms with Gasteiger partial charge in [0.15, 0.2) is 14.6 Å². The van der Waals surface area contributed by atoms with E-state index in [4.69, 9.17) is 4.74 Å². The molecule has 0 atom stereocenters. The lowest BCUT2D eigenvalue weighted by atomic mass is 9.96. The standard InChI is InChI=1S/C18H21NO6S/c1-3-4-13-25-15-7-5-6-8-16(15)26(23,24)18(17(21)22)9-11-19(12-10-18)14(2)20/h5-8H,9-13H2,1-2H3,(H,21,22). The molecule has 8 heteroatoms. The van der Waals surface area contributed by atoms with Crippen LogP contribution in [0.25, 0.3) is 0 Å². The minimum atomic E-state index is -4.25. The summed E-state index contributed by atoms with van der Waals surface area (Å²) >= 11 is 0. The van der Waals surface area contributed by atoms with Crippen LogP contribution in [-0.2, 0) is 19.4 Å². The zero-order valence-corrected chi connectivity index (χ0v) is 15.5. The number of carbonyl (C=O) groups excluding carboxylic acids is 1. The molecule has 0 aliphatic carbocycles. The zero-order chi connectivity index (χ0) is 19.4. The van der Waals surface area contributed by atoms with Crippen LogP contribution in [0.3, 0.4) is 0 Å². The molecule has 7 nitrogen and oxygen atoms in total. The molecule has 0 aromatic heterocycles. The van der Waals surface area contributed by atoms with Gasteiger partial charge < -0.3 is 14.7 Å². The molecule has 1 aliphatic rings. The van der Waals surface area contributed by atoms with Gasteiger partial charge in [-0.2, -0.15) is 0 Å². The number of para-hydroxylation sites is 1. The molecule has 1 aliphatic heterocycles. The fourth-order valence-electron chi connectivity index (χ4n) is 2.97. The quantitative estimate of drug-likeness (QED) is 0.775. The lowest BCUT2D eigenvalue weighted by Gasteiger charge is -2.38. The van der Waals surface area contributed by atoms with Gasteiger partial charge in [-0.15, -0.1) is 5.92 Å². The normalized spacial score (nSPS) is 16.3. The molecule has 1 aromatic carbocycles. The van der Waals surface area contributed by atoms with Gasteiger partial charge in [-0.25, -0.2) is 8.42 Å². The van der Waals surface area contributed by atoms with Crippen LogP contribution < -0.4 is 4.74 Å². The summed E-state index contributed by atoms with van der Waals surface area (Å²) in [6.45, 7) is 3.16. The molecule has 0 radical (unpaired) electrons. The average Bonchev–Trinajstić information content (AvgIpc) is 2.62. The Bertz CT molecular complexity index is 857. The Morgan fingerprint density at radius 3 is 2.42 bits per heavy atom. The Hall–Kier alpha value is -2.53. The van der Waals surface area contributed by atoms with Gasteiger partial charge in [0.1, 0.15) is 17.3 Å². The van der Waals surface area contributed by atoms with Gasteiger partial charge in [0.2, 0.25) is 5.91 Å². The number of rotatable bonds is 5. The molecule has 0 unspecified atom stereocenters. The fraction of sp³-hybridized carbons (Fsp3) is 0.444. The van der Waals surface area contributed by atoms with Crippen molar-refractivity contribution in [3.05, 3.63) is 24.3 Å². The summed E-state index contributed by atoms with van der Waals surface area (Å²) in [6.07, 6.45) is -0.347. The average molecular weight is 379 g/mol. The third-order valence-corrected chi connectivity index (χ3v) is 7.06. The molecule has 1 fully saturated rings. The van der Waals surface area contributed by atoms with Crippen LogP contribution in [0.1, 0.15) is 26.7 Å². The van der Waals surface area contributed by atoms with Crippen molar-refractivity contribution in [3.8, 4) is 17.6 Å². The van der Waals surface area contributed by atoms with Gasteiger partial charge in [0.25, 0.3) is 0 Å². The van der Waals surface area contributed by atoms with Gasteiger partial charge in [0, 0.05) is 20.0 Å². The van der Waals surface area contributed by atoms with E-state index < -0.39 is 20.6 Å². The van der Waals surface area contributed by atoms with Crippen LogP contribution in [0.4, 0.5) is 0 Å². The number of ether oxygens (including phenoxy) is 1.